The van der Waals surface area contributed by atoms with Crippen LogP contribution in [-0.4, -0.2) is 88.6 Å². The van der Waals surface area contributed by atoms with Crippen LogP contribution in [0.4, 0.5) is 17.5 Å². The lowest BCUT2D eigenvalue weighted by Crippen LogP contribution is -2.48. The molecular formula is C24H28N8O2. The van der Waals surface area contributed by atoms with E-state index in [1.165, 1.54) is 13.4 Å². The van der Waals surface area contributed by atoms with Crippen molar-refractivity contribution in [3.05, 3.63) is 42.4 Å². The van der Waals surface area contributed by atoms with Gasteiger partial charge in [-0.15, -0.1) is 6.42 Å². The van der Waals surface area contributed by atoms with E-state index in [2.05, 4.69) is 46.3 Å². The second-order valence-corrected chi connectivity index (χ2v) is 7.97. The Labute approximate surface area is 198 Å². The van der Waals surface area contributed by atoms with Crippen LogP contribution in [0.25, 0.3) is 11.0 Å². The van der Waals surface area contributed by atoms with E-state index in [1.54, 1.807) is 6.20 Å². The minimum Gasteiger partial charge on any atom is -0.468 e. The van der Waals surface area contributed by atoms with Gasteiger partial charge in [0.25, 0.3) is 0 Å². The number of hydrogen-bond acceptors (Lipinski definition) is 10. The molecule has 176 valence electrons. The van der Waals surface area contributed by atoms with E-state index in [0.717, 1.165) is 56.9 Å². The number of rotatable bonds is 9. The summed E-state index contributed by atoms with van der Waals surface area (Å²) in [6.07, 6.45) is 9.63. The first-order valence-electron chi connectivity index (χ1n) is 11.2. The molecule has 0 radical (unpaired) electrons. The first kappa shape index (κ1) is 23.4. The molecule has 0 amide bonds. The molecule has 2 aromatic heterocycles. The number of esters is 1. The van der Waals surface area contributed by atoms with Crippen molar-refractivity contribution in [2.24, 2.45) is 0 Å². The molecule has 0 unspecified atom stereocenters. The summed E-state index contributed by atoms with van der Waals surface area (Å²) >= 11 is 0. The van der Waals surface area contributed by atoms with Gasteiger partial charge in [-0.2, -0.15) is 0 Å². The maximum atomic E-state index is 11.4. The van der Waals surface area contributed by atoms with Crippen molar-refractivity contribution in [2.45, 2.75) is 6.42 Å². The molecule has 4 rings (SSSR count). The fourth-order valence-electron chi connectivity index (χ4n) is 3.78. The van der Waals surface area contributed by atoms with E-state index in [-0.39, 0.29) is 5.97 Å². The van der Waals surface area contributed by atoms with Crippen LogP contribution in [0.3, 0.4) is 0 Å². The van der Waals surface area contributed by atoms with Gasteiger partial charge in [0.2, 0.25) is 5.95 Å². The van der Waals surface area contributed by atoms with Crippen molar-refractivity contribution in [2.75, 3.05) is 63.6 Å². The quantitative estimate of drug-likeness (QED) is 0.278. The van der Waals surface area contributed by atoms with Gasteiger partial charge in [0.1, 0.15) is 17.4 Å². The summed E-state index contributed by atoms with van der Waals surface area (Å²) in [4.78, 5) is 33.6. The standard InChI is InChI=1S/C24H28N8O2/c1-3-18-6-4-7-19(14-18)29-23-22-20(27-17-28-23)15-26-24(30-22)25-8-5-9-31-10-12-32(13-11-31)16-21(33)34-2/h1,4,6-7,14-15,17H,5,8-13,16H2,2H3,(H,25,26,30)(H,27,28,29). The summed E-state index contributed by atoms with van der Waals surface area (Å²) in [5, 5.41) is 6.57. The molecule has 1 fully saturated rings. The average molecular weight is 461 g/mol. The van der Waals surface area contributed by atoms with Gasteiger partial charge in [0, 0.05) is 44.0 Å². The maximum absolute atomic E-state index is 11.4. The van der Waals surface area contributed by atoms with Crippen LogP contribution in [-0.2, 0) is 9.53 Å². The van der Waals surface area contributed by atoms with Crippen molar-refractivity contribution in [3.8, 4) is 12.3 Å². The molecule has 0 atom stereocenters. The van der Waals surface area contributed by atoms with Crippen LogP contribution in [0.1, 0.15) is 12.0 Å². The van der Waals surface area contributed by atoms with Crippen molar-refractivity contribution in [1.29, 1.82) is 0 Å². The fourth-order valence-corrected chi connectivity index (χ4v) is 3.78. The Morgan fingerprint density at radius 2 is 2.00 bits per heavy atom. The van der Waals surface area contributed by atoms with E-state index in [9.17, 15) is 4.79 Å². The number of methoxy groups -OCH3 is 1. The Morgan fingerprint density at radius 3 is 2.79 bits per heavy atom. The zero-order chi connectivity index (χ0) is 23.8. The van der Waals surface area contributed by atoms with Gasteiger partial charge in [-0.25, -0.2) is 19.9 Å². The Kier molecular flexibility index (Phi) is 7.80. The normalized spacial score (nSPS) is 14.5. The fraction of sp³-hybridized carbons (Fsp3) is 0.375. The van der Waals surface area contributed by atoms with Crippen LogP contribution in [0.15, 0.2) is 36.8 Å². The second kappa shape index (κ2) is 11.4. The predicted octanol–water partition coefficient (Wildman–Crippen LogP) is 1.74. The van der Waals surface area contributed by atoms with Crippen molar-refractivity contribution >= 4 is 34.5 Å². The van der Waals surface area contributed by atoms with Gasteiger partial charge >= 0.3 is 5.97 Å². The molecule has 0 saturated carbocycles. The molecule has 34 heavy (non-hydrogen) atoms. The minimum atomic E-state index is -0.183. The van der Waals surface area contributed by atoms with Crippen LogP contribution < -0.4 is 10.6 Å². The number of benzene rings is 1. The molecule has 1 aliphatic heterocycles. The number of anilines is 3. The summed E-state index contributed by atoms with van der Waals surface area (Å²) in [6.45, 7) is 5.70. The molecule has 0 bridgehead atoms. The lowest BCUT2D eigenvalue weighted by Gasteiger charge is -2.33. The molecule has 3 heterocycles. The van der Waals surface area contributed by atoms with E-state index in [1.807, 2.05) is 24.3 Å². The molecule has 1 aliphatic rings. The Balaban J connectivity index is 1.30. The first-order valence-corrected chi connectivity index (χ1v) is 11.2. The molecule has 10 heteroatoms. The van der Waals surface area contributed by atoms with Gasteiger partial charge in [-0.1, -0.05) is 12.0 Å². The Morgan fingerprint density at radius 1 is 1.18 bits per heavy atom. The number of nitrogens with one attached hydrogen (secondary N) is 2. The monoisotopic (exact) mass is 460 g/mol. The van der Waals surface area contributed by atoms with E-state index in [0.29, 0.717) is 29.3 Å². The average Bonchev–Trinajstić information content (AvgIpc) is 2.88. The number of hydrogen-bond donors (Lipinski definition) is 2. The largest absolute Gasteiger partial charge is 0.468 e. The number of aromatic nitrogens is 4. The molecule has 1 saturated heterocycles. The highest BCUT2D eigenvalue weighted by atomic mass is 16.5. The lowest BCUT2D eigenvalue weighted by molar-refractivity contribution is -0.142. The SMILES string of the molecule is C#Cc1cccc(Nc2ncnc3cnc(NCCCN4CCN(CC(=O)OC)CC4)nc23)c1. The van der Waals surface area contributed by atoms with Crippen LogP contribution in [0.5, 0.6) is 0 Å². The highest BCUT2D eigenvalue weighted by Crippen LogP contribution is 2.22. The summed E-state index contributed by atoms with van der Waals surface area (Å²) in [5.41, 5.74) is 2.90. The highest BCUT2D eigenvalue weighted by molar-refractivity contribution is 5.87. The molecular weight excluding hydrogens is 432 g/mol. The topological polar surface area (TPSA) is 108 Å². The van der Waals surface area contributed by atoms with E-state index < -0.39 is 0 Å². The number of carbonyl (C=O) groups is 1. The second-order valence-electron chi connectivity index (χ2n) is 7.97. The highest BCUT2D eigenvalue weighted by Gasteiger charge is 2.18. The van der Waals surface area contributed by atoms with Crippen molar-refractivity contribution in [1.82, 2.24) is 29.7 Å². The first-order chi connectivity index (χ1) is 16.6. The van der Waals surface area contributed by atoms with Crippen LogP contribution in [0.2, 0.25) is 0 Å². The van der Waals surface area contributed by atoms with Crippen LogP contribution >= 0.6 is 0 Å². The van der Waals surface area contributed by atoms with Crippen molar-refractivity contribution < 1.29 is 9.53 Å². The van der Waals surface area contributed by atoms with Gasteiger partial charge in [-0.3, -0.25) is 9.69 Å². The van der Waals surface area contributed by atoms with Crippen molar-refractivity contribution in [3.63, 3.8) is 0 Å². The minimum absolute atomic E-state index is 0.183. The van der Waals surface area contributed by atoms with Crippen LogP contribution in [0, 0.1) is 12.3 Å². The zero-order valence-electron chi connectivity index (χ0n) is 19.2. The molecule has 0 spiro atoms. The smallest absolute Gasteiger partial charge is 0.319 e. The lowest BCUT2D eigenvalue weighted by atomic mass is 10.2. The molecule has 2 N–H and O–H groups in total. The molecule has 0 aliphatic carbocycles. The summed E-state index contributed by atoms with van der Waals surface area (Å²) in [6, 6.07) is 7.56. The number of nitrogens with zero attached hydrogens (tertiary/aromatic N) is 6. The number of ether oxygens (including phenoxy) is 1. The summed E-state index contributed by atoms with van der Waals surface area (Å²) in [5.74, 6) is 3.57. The van der Waals surface area contributed by atoms with Gasteiger partial charge in [0.05, 0.1) is 19.9 Å². The van der Waals surface area contributed by atoms with E-state index >= 15 is 0 Å². The zero-order valence-corrected chi connectivity index (χ0v) is 19.2. The Bertz CT molecular complexity index is 1170. The maximum Gasteiger partial charge on any atom is 0.319 e. The molecule has 10 nitrogen and oxygen atoms in total. The van der Waals surface area contributed by atoms with E-state index in [4.69, 9.17) is 11.2 Å². The molecule has 3 aromatic rings. The van der Waals surface area contributed by atoms with Gasteiger partial charge < -0.3 is 20.3 Å². The summed E-state index contributed by atoms with van der Waals surface area (Å²) in [7, 11) is 1.42. The van der Waals surface area contributed by atoms with Gasteiger partial charge in [-0.05, 0) is 31.2 Å². The Hall–Kier alpha value is -3.81. The number of terminal acetylenes is 1. The third-order valence-corrected chi connectivity index (χ3v) is 5.65. The summed E-state index contributed by atoms with van der Waals surface area (Å²) < 4.78 is 4.74. The predicted molar refractivity (Wildman–Crippen MR) is 131 cm³/mol. The van der Waals surface area contributed by atoms with Gasteiger partial charge in [0.15, 0.2) is 5.82 Å². The number of fused-ring (bicyclic) bond motifs is 1. The third-order valence-electron chi connectivity index (χ3n) is 5.65. The third kappa shape index (κ3) is 6.15. The number of carbonyl (C=O) groups excluding carboxylic acids is 1. The number of piperazine rings is 1. The molecule has 1 aromatic carbocycles.